The molecule has 0 amide bonds. The Morgan fingerprint density at radius 3 is 2.14 bits per heavy atom. The van der Waals surface area contributed by atoms with Crippen molar-refractivity contribution in [2.75, 3.05) is 26.7 Å². The fraction of sp³-hybridized carbons (Fsp3) is 0.391. The van der Waals surface area contributed by atoms with Gasteiger partial charge in [0.25, 0.3) is 4.87 Å². The number of nitrogens with zero attached hydrogens (tertiary/aromatic N) is 2. The maximum atomic E-state index is 13.3. The molecule has 3 rings (SSSR count). The summed E-state index contributed by atoms with van der Waals surface area (Å²) in [4.78, 5) is 32.0. The number of sulfone groups is 1. The number of esters is 1. The van der Waals surface area contributed by atoms with Crippen LogP contribution in [0.1, 0.15) is 30.1 Å². The second-order valence-corrected chi connectivity index (χ2v) is 11.6. The van der Waals surface area contributed by atoms with Gasteiger partial charge in [0.2, 0.25) is 9.84 Å². The van der Waals surface area contributed by atoms with Gasteiger partial charge in [-0.25, -0.2) is 13.2 Å². The number of piperidine rings is 1. The molecule has 1 heterocycles. The zero-order valence-corrected chi connectivity index (χ0v) is 21.6. The third kappa shape index (κ3) is 5.69. The number of nitroso groups, excluding NO2 is 1. The number of phenols is 1. The fourth-order valence-corrected chi connectivity index (χ4v) is 5.95. The van der Waals surface area contributed by atoms with Crippen LogP contribution in [-0.2, 0) is 19.4 Å². The number of carbonyl (C=O) groups excluding carboxylic acids is 2. The number of hydrogen-bond acceptors (Lipinski definition) is 11. The summed E-state index contributed by atoms with van der Waals surface area (Å²) in [5, 5.41) is 22.1. The summed E-state index contributed by atoms with van der Waals surface area (Å²) < 4.78 is 32.0. The smallest absolute Gasteiger partial charge is 0.345 e. The highest BCUT2D eigenvalue weighted by molar-refractivity contribution is 7.93. The van der Waals surface area contributed by atoms with Crippen LogP contribution >= 0.6 is 12.8 Å². The number of rotatable bonds is 7. The van der Waals surface area contributed by atoms with E-state index in [1.54, 1.807) is 12.1 Å². The molecule has 1 aliphatic rings. The van der Waals surface area contributed by atoms with Gasteiger partial charge in [0.1, 0.15) is 5.75 Å². The quantitative estimate of drug-likeness (QED) is 0.201. The van der Waals surface area contributed by atoms with Crippen LogP contribution in [0.5, 0.6) is 5.75 Å². The van der Waals surface area contributed by atoms with E-state index >= 15 is 0 Å². The number of aromatic carboxylic acids is 1. The average Bonchev–Trinajstić information content (AvgIpc) is 2.85. The van der Waals surface area contributed by atoms with E-state index < -0.39 is 32.2 Å². The van der Waals surface area contributed by atoms with Gasteiger partial charge in [0.05, 0.1) is 50.4 Å². The Labute approximate surface area is 214 Å². The molecule has 11 nitrogen and oxygen atoms in total. The van der Waals surface area contributed by atoms with Crippen LogP contribution in [0.25, 0.3) is 0 Å². The van der Waals surface area contributed by atoms with Crippen LogP contribution in [0.4, 0.5) is 0 Å². The zero-order valence-electron chi connectivity index (χ0n) is 19.9. The van der Waals surface area contributed by atoms with Gasteiger partial charge >= 0.3 is 5.97 Å². The number of nitrogens with two attached hydrogens (primary N) is 1. The van der Waals surface area contributed by atoms with Gasteiger partial charge < -0.3 is 25.5 Å². The number of quaternary nitrogens is 1. The minimum absolute atomic E-state index is 0.00211. The molecule has 36 heavy (non-hydrogen) atoms. The molecule has 3 N–H and O–H groups in total. The largest absolute Gasteiger partial charge is 0.545 e. The summed E-state index contributed by atoms with van der Waals surface area (Å²) in [6.07, 6.45) is -0.00421. The molecule has 0 saturated carbocycles. The summed E-state index contributed by atoms with van der Waals surface area (Å²) in [7, 11) is -2.63. The number of carbonyl (C=O) groups is 2. The van der Waals surface area contributed by atoms with Gasteiger partial charge in [-0.3, -0.25) is 3.89 Å². The van der Waals surface area contributed by atoms with Crippen molar-refractivity contribution in [3.63, 3.8) is 0 Å². The van der Waals surface area contributed by atoms with Crippen LogP contribution < -0.4 is 10.8 Å². The van der Waals surface area contributed by atoms with E-state index in [0.29, 0.717) is 13.1 Å². The van der Waals surface area contributed by atoms with Crippen LogP contribution in [0, 0.1) is 4.91 Å². The van der Waals surface area contributed by atoms with E-state index in [1.807, 2.05) is 7.05 Å². The van der Waals surface area contributed by atoms with Gasteiger partial charge in [-0.1, -0.05) is 35.5 Å². The minimum Gasteiger partial charge on any atom is -0.545 e. The Balaban J connectivity index is 0.000000380. The molecular weight excluding hydrogens is 510 g/mol. The Morgan fingerprint density at radius 1 is 1.17 bits per heavy atom. The van der Waals surface area contributed by atoms with Crippen molar-refractivity contribution < 1.29 is 36.8 Å². The number of ether oxygens (including phenoxy) is 1. The highest BCUT2D eigenvalue weighted by atomic mass is 32.2. The van der Waals surface area contributed by atoms with E-state index in [4.69, 9.17) is 15.6 Å². The van der Waals surface area contributed by atoms with Crippen molar-refractivity contribution >= 4 is 34.6 Å². The third-order valence-corrected chi connectivity index (χ3v) is 8.75. The van der Waals surface area contributed by atoms with E-state index in [0.717, 1.165) is 0 Å². The predicted octanol–water partition coefficient (Wildman–Crippen LogP) is 1.02. The van der Waals surface area contributed by atoms with Gasteiger partial charge in [0, 0.05) is 18.4 Å². The van der Waals surface area contributed by atoms with Crippen molar-refractivity contribution in [1.29, 1.82) is 0 Å². The summed E-state index contributed by atoms with van der Waals surface area (Å²) in [5.41, 5.74) is 4.24. The number of carboxylic acid groups (broad SMARTS) is 1. The molecule has 2 aromatic carbocycles. The van der Waals surface area contributed by atoms with Crippen molar-refractivity contribution in [3.05, 3.63) is 65.1 Å². The topological polar surface area (TPSA) is 176 Å². The Kier molecular flexibility index (Phi) is 9.23. The molecular formula is C23H29N3O8S2. The normalized spacial score (nSPS) is 23.3. The van der Waals surface area contributed by atoms with Gasteiger partial charge in [0.15, 0.2) is 5.54 Å². The fourth-order valence-electron chi connectivity index (χ4n) is 3.84. The standard InChI is InChI=1S/C16H24N3O5S2.C7H6O3/c1-3-24-14(20)16(17,26(22,23)13-7-5-4-6-8-13)15(18-21)9-11-19(2,25)12-10-15;8-6-4-2-1-3-5(6)7(9)10/h4-8,25H,3,9-12,17H2,1-2H3;1-4,8H,(H,9,10)/q+1;/p-1. The van der Waals surface area contributed by atoms with Gasteiger partial charge in [-0.15, -0.1) is 0 Å². The number of para-hydroxylation sites is 1. The maximum absolute atomic E-state index is 13.3. The second-order valence-electron chi connectivity index (χ2n) is 8.49. The lowest BCUT2D eigenvalue weighted by Gasteiger charge is -2.45. The van der Waals surface area contributed by atoms with E-state index in [2.05, 4.69) is 18.0 Å². The van der Waals surface area contributed by atoms with Crippen molar-refractivity contribution in [2.45, 2.75) is 35.1 Å². The Hall–Kier alpha value is -3.00. The minimum atomic E-state index is -4.45. The zero-order chi connectivity index (χ0) is 27.2. The summed E-state index contributed by atoms with van der Waals surface area (Å²) in [5.74, 6) is -2.79. The molecule has 2 aromatic rings. The molecule has 0 aromatic heterocycles. The molecule has 196 valence electrons. The summed E-state index contributed by atoms with van der Waals surface area (Å²) in [6.45, 7) is 2.13. The summed E-state index contributed by atoms with van der Waals surface area (Å²) in [6, 6.07) is 13.0. The predicted molar refractivity (Wildman–Crippen MR) is 132 cm³/mol. The molecule has 1 unspecified atom stereocenters. The van der Waals surface area contributed by atoms with Crippen LogP contribution in [-0.4, -0.2) is 66.5 Å². The lowest BCUT2D eigenvalue weighted by molar-refractivity contribution is -0.778. The molecule has 1 atom stereocenters. The first-order chi connectivity index (χ1) is 16.8. The first kappa shape index (κ1) is 29.2. The van der Waals surface area contributed by atoms with Gasteiger partial charge in [-0.05, 0) is 31.2 Å². The van der Waals surface area contributed by atoms with Crippen LogP contribution in [0.2, 0.25) is 0 Å². The molecule has 0 aliphatic carbocycles. The first-order valence-corrected chi connectivity index (χ1v) is 12.8. The van der Waals surface area contributed by atoms with E-state index in [1.165, 1.54) is 49.4 Å². The molecule has 0 radical (unpaired) electrons. The highest BCUT2D eigenvalue weighted by Crippen LogP contribution is 2.43. The van der Waals surface area contributed by atoms with E-state index in [-0.39, 0.29) is 39.5 Å². The van der Waals surface area contributed by atoms with Crippen molar-refractivity contribution in [2.24, 2.45) is 10.9 Å². The number of likely N-dealkylation sites (tertiary alicyclic amines) is 1. The lowest BCUT2D eigenvalue weighted by atomic mass is 9.81. The van der Waals surface area contributed by atoms with Crippen molar-refractivity contribution in [3.8, 4) is 5.75 Å². The number of thiol groups is 1. The van der Waals surface area contributed by atoms with Crippen LogP contribution in [0.15, 0.2) is 64.7 Å². The van der Waals surface area contributed by atoms with Crippen LogP contribution in [0.3, 0.4) is 0 Å². The van der Waals surface area contributed by atoms with Gasteiger partial charge in [-0.2, -0.15) is 4.91 Å². The van der Waals surface area contributed by atoms with E-state index in [9.17, 15) is 28.0 Å². The number of hydrogen-bond donors (Lipinski definition) is 3. The Bertz CT molecular complexity index is 1190. The molecule has 1 fully saturated rings. The molecule has 0 spiro atoms. The van der Waals surface area contributed by atoms with Crippen molar-refractivity contribution in [1.82, 2.24) is 0 Å². The molecule has 1 saturated heterocycles. The third-order valence-electron chi connectivity index (χ3n) is 6.06. The SMILES string of the molecule is CCOC(=O)C(N)(C1(N=O)CC[N+](C)(S)CC1)S(=O)(=O)c1ccccc1.O=C([O-])c1ccccc1O. The average molecular weight is 540 g/mol. The maximum Gasteiger partial charge on any atom is 0.345 e. The lowest BCUT2D eigenvalue weighted by Crippen LogP contribution is -2.72. The first-order valence-electron chi connectivity index (χ1n) is 10.9. The highest BCUT2D eigenvalue weighted by Gasteiger charge is 2.67. The monoisotopic (exact) mass is 539 g/mol. The number of aromatic hydroxyl groups is 1. The molecule has 0 bridgehead atoms. The number of carboxylic acids is 1. The Morgan fingerprint density at radius 2 is 1.69 bits per heavy atom. The molecule has 13 heteroatoms. The number of benzene rings is 2. The molecule has 1 aliphatic heterocycles. The second kappa shape index (κ2) is 11.4. The summed E-state index contributed by atoms with van der Waals surface area (Å²) >= 11 is 4.45.